The van der Waals surface area contributed by atoms with E-state index in [2.05, 4.69) is 41.9 Å². The molecule has 1 aliphatic rings. The second kappa shape index (κ2) is 28.7. The molecule has 0 aromatic heterocycles. The fourth-order valence-corrected chi connectivity index (χ4v) is 7.18. The van der Waals surface area contributed by atoms with Crippen molar-refractivity contribution in [1.29, 1.82) is 0 Å². The van der Waals surface area contributed by atoms with E-state index in [0.29, 0.717) is 28.5 Å². The molecule has 9 amide bonds. The monoisotopic (exact) mass is 983 g/mol. The number of ether oxygens (including phenoxy) is 3. The summed E-state index contributed by atoms with van der Waals surface area (Å²) in [5.41, 5.74) is 1.39. The molecule has 1 heterocycles. The molecular formula is C44H57N9O15S. The molecule has 1 atom stereocenters. The number of carboxylic acid groups (broad SMARTS) is 1. The molecular weight excluding hydrogens is 927 g/mol. The number of nitrogens with one attached hydrogen (secondary N) is 8. The van der Waals surface area contributed by atoms with E-state index in [1.807, 2.05) is 6.92 Å². The molecule has 69 heavy (non-hydrogen) atoms. The number of hydroxylamine groups is 2. The van der Waals surface area contributed by atoms with Crippen LogP contribution in [0.25, 0.3) is 0 Å². The minimum absolute atomic E-state index is 0.00359. The number of rotatable bonds is 29. The van der Waals surface area contributed by atoms with Crippen molar-refractivity contribution < 1.29 is 70.9 Å². The highest BCUT2D eigenvalue weighted by Crippen LogP contribution is 2.25. The second-order valence-electron chi connectivity index (χ2n) is 14.9. The highest BCUT2D eigenvalue weighted by Gasteiger charge is 2.32. The van der Waals surface area contributed by atoms with Gasteiger partial charge < -0.3 is 61.4 Å². The van der Waals surface area contributed by atoms with Crippen LogP contribution < -0.4 is 41.9 Å². The van der Waals surface area contributed by atoms with Gasteiger partial charge in [0.25, 0.3) is 21.8 Å². The van der Waals surface area contributed by atoms with Crippen LogP contribution in [-0.2, 0) is 53.0 Å². The van der Waals surface area contributed by atoms with E-state index in [-0.39, 0.29) is 107 Å². The predicted molar refractivity (Wildman–Crippen MR) is 248 cm³/mol. The summed E-state index contributed by atoms with van der Waals surface area (Å²) in [5, 5.41) is 28.5. The zero-order chi connectivity index (χ0) is 50.0. The van der Waals surface area contributed by atoms with E-state index in [1.165, 1.54) is 66.7 Å². The summed E-state index contributed by atoms with van der Waals surface area (Å²) in [6, 6.07) is 14.9. The van der Waals surface area contributed by atoms with Crippen LogP contribution in [0.4, 0.5) is 37.1 Å². The maximum Gasteiger partial charge on any atom is 0.333 e. The van der Waals surface area contributed by atoms with E-state index in [0.717, 1.165) is 6.42 Å². The van der Waals surface area contributed by atoms with Gasteiger partial charge in [0.15, 0.2) is 0 Å². The van der Waals surface area contributed by atoms with Crippen LogP contribution in [-0.4, -0.2) is 126 Å². The Bertz CT molecular complexity index is 2340. The van der Waals surface area contributed by atoms with Gasteiger partial charge in [0.05, 0.1) is 57.0 Å². The van der Waals surface area contributed by atoms with Gasteiger partial charge in [-0.3, -0.25) is 23.9 Å². The normalized spacial score (nSPS) is 12.6. The molecule has 374 valence electrons. The van der Waals surface area contributed by atoms with Gasteiger partial charge in [-0.05, 0) is 73.0 Å². The van der Waals surface area contributed by atoms with Crippen molar-refractivity contribution in [2.75, 3.05) is 79.9 Å². The minimum atomic E-state index is -4.15. The zero-order valence-electron chi connectivity index (χ0n) is 37.8. The van der Waals surface area contributed by atoms with Gasteiger partial charge in [-0.25, -0.2) is 27.6 Å². The van der Waals surface area contributed by atoms with Crippen molar-refractivity contribution in [1.82, 2.24) is 26.3 Å². The molecule has 3 aromatic carbocycles. The van der Waals surface area contributed by atoms with Crippen molar-refractivity contribution in [2.24, 2.45) is 0 Å². The van der Waals surface area contributed by atoms with Gasteiger partial charge in [-0.1, -0.05) is 25.1 Å². The average molecular weight is 984 g/mol. The van der Waals surface area contributed by atoms with Crippen LogP contribution in [0.3, 0.4) is 0 Å². The van der Waals surface area contributed by atoms with Gasteiger partial charge in [-0.2, -0.15) is 0 Å². The molecule has 0 radical (unpaired) electrons. The molecule has 3 aromatic rings. The Labute approximate surface area is 397 Å². The predicted octanol–water partition coefficient (Wildman–Crippen LogP) is 3.42. The van der Waals surface area contributed by atoms with E-state index < -0.39 is 64.3 Å². The lowest BCUT2D eigenvalue weighted by atomic mass is 10.0. The van der Waals surface area contributed by atoms with Crippen LogP contribution >= 0.6 is 0 Å². The first-order chi connectivity index (χ1) is 33.1. The van der Waals surface area contributed by atoms with Gasteiger partial charge in [-0.15, -0.1) is 5.06 Å². The molecule has 9 N–H and O–H groups in total. The summed E-state index contributed by atoms with van der Waals surface area (Å²) < 4.78 is 45.3. The molecule has 0 saturated carbocycles. The number of carbonyl (C=O) groups excluding carboxylic acids is 7. The Morgan fingerprint density at radius 1 is 0.652 bits per heavy atom. The highest BCUT2D eigenvalue weighted by atomic mass is 32.2. The van der Waals surface area contributed by atoms with E-state index in [1.54, 1.807) is 6.07 Å². The first kappa shape index (κ1) is 54.3. The molecule has 0 unspecified atom stereocenters. The lowest BCUT2D eigenvalue weighted by Gasteiger charge is -2.19. The third-order valence-electron chi connectivity index (χ3n) is 9.39. The van der Waals surface area contributed by atoms with Crippen molar-refractivity contribution in [3.63, 3.8) is 0 Å². The van der Waals surface area contributed by atoms with Crippen LogP contribution in [0.15, 0.2) is 77.7 Å². The van der Waals surface area contributed by atoms with Gasteiger partial charge >= 0.3 is 30.0 Å². The van der Waals surface area contributed by atoms with Gasteiger partial charge in [0, 0.05) is 68.1 Å². The summed E-state index contributed by atoms with van der Waals surface area (Å²) in [4.78, 5) is 101. The second-order valence-corrected chi connectivity index (χ2v) is 16.6. The molecule has 0 aliphatic carbocycles. The third kappa shape index (κ3) is 20.6. The van der Waals surface area contributed by atoms with Crippen molar-refractivity contribution in [2.45, 2.75) is 62.8 Å². The van der Waals surface area contributed by atoms with Gasteiger partial charge in [0.1, 0.15) is 0 Å². The van der Waals surface area contributed by atoms with Crippen LogP contribution in [0.5, 0.6) is 0 Å². The third-order valence-corrected chi connectivity index (χ3v) is 10.8. The Morgan fingerprint density at radius 2 is 1.20 bits per heavy atom. The van der Waals surface area contributed by atoms with Crippen LogP contribution in [0.2, 0.25) is 0 Å². The summed E-state index contributed by atoms with van der Waals surface area (Å²) in [7, 11) is -4.15. The number of benzene rings is 3. The largest absolute Gasteiger partial charge is 0.481 e. The summed E-state index contributed by atoms with van der Waals surface area (Å²) in [5.74, 6) is -3.41. The molecule has 0 bridgehead atoms. The minimum Gasteiger partial charge on any atom is -0.481 e. The Hall–Kier alpha value is -7.35. The average Bonchev–Trinajstić information content (AvgIpc) is 3.62. The number of carboxylic acids is 1. The van der Waals surface area contributed by atoms with E-state index in [4.69, 9.17) is 19.0 Å². The number of hydrogen-bond acceptors (Lipinski definition) is 14. The summed E-state index contributed by atoms with van der Waals surface area (Å²) in [6.45, 7) is 4.35. The number of amides is 9. The number of nitrogens with zero attached hydrogens (tertiary/aromatic N) is 1. The number of urea groups is 3. The smallest absolute Gasteiger partial charge is 0.333 e. The molecule has 1 aliphatic heterocycles. The number of anilines is 4. The fraction of sp³-hybridized carbons (Fsp3) is 0.409. The number of carbonyl (C=O) groups is 8. The highest BCUT2D eigenvalue weighted by molar-refractivity contribution is 7.92. The number of sulfonamides is 1. The summed E-state index contributed by atoms with van der Waals surface area (Å²) in [6.07, 6.45) is 0.318. The number of hydrogen-bond donors (Lipinski definition) is 9. The zero-order valence-corrected chi connectivity index (χ0v) is 38.7. The quantitative estimate of drug-likeness (QED) is 0.0356. The van der Waals surface area contributed by atoms with E-state index in [9.17, 15) is 51.9 Å². The SMILES string of the molecule is CCCNC(=O)Nc1cccc(S(=O)(=O)Nc2cccc([C@@H](CC(=O)O)NC(=O)Nc3ccc(NC(=O)NCCOCCOCCOCCNC(=O)CCCC(=O)ON4C(=O)CCC4=O)cc3)c2)c1. The molecule has 24 nitrogen and oxygen atoms in total. The molecule has 4 rings (SSSR count). The topological polar surface area (TPSA) is 327 Å². The Morgan fingerprint density at radius 3 is 1.83 bits per heavy atom. The molecule has 1 fully saturated rings. The lowest BCUT2D eigenvalue weighted by molar-refractivity contribution is -0.197. The molecule has 25 heteroatoms. The first-order valence-electron chi connectivity index (χ1n) is 21.9. The molecule has 1 saturated heterocycles. The molecule has 0 spiro atoms. The Balaban J connectivity index is 1.06. The first-order valence-corrected chi connectivity index (χ1v) is 23.4. The number of imide groups is 1. The van der Waals surface area contributed by atoms with Crippen molar-refractivity contribution in [3.05, 3.63) is 78.4 Å². The maximum absolute atomic E-state index is 13.3. The summed E-state index contributed by atoms with van der Waals surface area (Å²) >= 11 is 0. The standard InChI is InChI=1S/C44H57N9O15S/c1-2-18-46-42(60)50-33-7-4-9-35(28-33)69(63,64)52-34-8-3-6-30(27-34)36(29-40(57)58)51-44(62)49-32-14-12-31(13-15-32)48-43(61)47-20-22-66-24-26-67-25-23-65-21-19-45-37(54)10-5-11-41(59)68-53-38(55)16-17-39(53)56/h3-4,6-9,12-15,27-28,36,52H,2,5,10-11,16-26,29H2,1H3,(H,45,54)(H,57,58)(H2,46,50,60)(H2,47,48,61)(H2,49,51,62)/t36-/m1/s1. The fourth-order valence-electron chi connectivity index (χ4n) is 6.08. The van der Waals surface area contributed by atoms with Crippen molar-refractivity contribution >= 4 is 80.5 Å². The number of aliphatic carboxylic acids is 1. The van der Waals surface area contributed by atoms with Gasteiger partial charge in [0.2, 0.25) is 5.91 Å². The van der Waals surface area contributed by atoms with E-state index >= 15 is 0 Å². The lowest BCUT2D eigenvalue weighted by Crippen LogP contribution is -2.34. The Kier molecular flexibility index (Phi) is 22.6. The van der Waals surface area contributed by atoms with Crippen molar-refractivity contribution in [3.8, 4) is 0 Å². The van der Waals surface area contributed by atoms with Crippen LogP contribution in [0.1, 0.15) is 63.5 Å². The van der Waals surface area contributed by atoms with Crippen LogP contribution in [0, 0.1) is 0 Å². The maximum atomic E-state index is 13.3.